The number of ketones is 1. The Hall–Kier alpha value is -0.860. The molecule has 1 amide bonds. The summed E-state index contributed by atoms with van der Waals surface area (Å²) in [5.74, 6) is -0.766. The van der Waals surface area contributed by atoms with E-state index < -0.39 is 5.91 Å². The van der Waals surface area contributed by atoms with E-state index in [1.54, 1.807) is 0 Å². The van der Waals surface area contributed by atoms with Crippen LogP contribution in [-0.4, -0.2) is 17.2 Å². The molecule has 0 radical (unpaired) electrons. The van der Waals surface area contributed by atoms with Crippen LogP contribution in [0.4, 0.5) is 0 Å². The first-order valence-corrected chi connectivity index (χ1v) is 4.72. The molecule has 0 unspecified atom stereocenters. The predicted molar refractivity (Wildman–Crippen MR) is 52.4 cm³/mol. The summed E-state index contributed by atoms with van der Waals surface area (Å²) in [4.78, 5) is 22.4. The highest BCUT2D eigenvalue weighted by molar-refractivity contribution is 6.36. The van der Waals surface area contributed by atoms with Gasteiger partial charge in [0.15, 0.2) is 0 Å². The number of Topliss-reactive ketones (excluding diaryl/α,β-unsaturated/α-hetero) is 1. The van der Waals surface area contributed by atoms with E-state index in [9.17, 15) is 9.59 Å². The fourth-order valence-electron chi connectivity index (χ4n) is 0.861. The van der Waals surface area contributed by atoms with Gasteiger partial charge >= 0.3 is 0 Å². The van der Waals surface area contributed by atoms with Gasteiger partial charge in [0.05, 0.1) is 0 Å². The van der Waals surface area contributed by atoms with Crippen LogP contribution in [0.2, 0.25) is 0 Å². The topological polar surface area (TPSA) is 46.2 Å². The molecule has 0 aromatic heterocycles. The Morgan fingerprint density at radius 3 is 2.15 bits per heavy atom. The van der Waals surface area contributed by atoms with Crippen LogP contribution < -0.4 is 5.32 Å². The molecule has 0 aliphatic rings. The van der Waals surface area contributed by atoms with E-state index in [1.165, 1.54) is 0 Å². The number of carbonyl (C=O) groups excluding carboxylic acids is 2. The third kappa shape index (κ3) is 6.31. The fourth-order valence-corrected chi connectivity index (χ4v) is 0.861. The molecule has 0 aliphatic heterocycles. The maximum absolute atomic E-state index is 11.2. The monoisotopic (exact) mass is 185 g/mol. The number of unbranched alkanes of at least 4 members (excludes halogenated alkanes) is 1. The summed E-state index contributed by atoms with van der Waals surface area (Å²) < 4.78 is 0. The van der Waals surface area contributed by atoms with E-state index in [1.807, 2.05) is 27.7 Å². The van der Waals surface area contributed by atoms with Gasteiger partial charge in [0, 0.05) is 12.0 Å². The van der Waals surface area contributed by atoms with Crippen LogP contribution in [0.1, 0.15) is 47.0 Å². The van der Waals surface area contributed by atoms with Gasteiger partial charge < -0.3 is 5.32 Å². The average molecular weight is 185 g/mol. The zero-order valence-electron chi connectivity index (χ0n) is 8.94. The Balaban J connectivity index is 3.91. The minimum Gasteiger partial charge on any atom is -0.345 e. The molecule has 0 bridgehead atoms. The second kappa shape index (κ2) is 5.00. The van der Waals surface area contributed by atoms with Gasteiger partial charge in [-0.05, 0) is 27.2 Å². The van der Waals surface area contributed by atoms with E-state index in [0.29, 0.717) is 6.42 Å². The predicted octanol–water partition coefficient (Wildman–Crippen LogP) is 1.66. The van der Waals surface area contributed by atoms with Crippen molar-refractivity contribution in [2.75, 3.05) is 0 Å². The second-order valence-corrected chi connectivity index (χ2v) is 4.23. The highest BCUT2D eigenvalue weighted by Crippen LogP contribution is 2.00. The minimum atomic E-state index is -0.457. The third-order valence-electron chi connectivity index (χ3n) is 1.50. The lowest BCUT2D eigenvalue weighted by molar-refractivity contribution is -0.138. The smallest absolute Gasteiger partial charge is 0.287 e. The van der Waals surface area contributed by atoms with Crippen LogP contribution in [-0.2, 0) is 9.59 Å². The van der Waals surface area contributed by atoms with E-state index in [-0.39, 0.29) is 11.3 Å². The van der Waals surface area contributed by atoms with Crippen LogP contribution in [0.15, 0.2) is 0 Å². The maximum atomic E-state index is 11.2. The Labute approximate surface area is 79.9 Å². The van der Waals surface area contributed by atoms with Crippen molar-refractivity contribution in [1.29, 1.82) is 0 Å². The number of hydrogen-bond donors (Lipinski definition) is 1. The molecule has 1 N–H and O–H groups in total. The molecular weight excluding hydrogens is 166 g/mol. The summed E-state index contributed by atoms with van der Waals surface area (Å²) >= 11 is 0. The molecule has 0 spiro atoms. The Morgan fingerprint density at radius 1 is 1.23 bits per heavy atom. The Kier molecular flexibility index (Phi) is 4.67. The summed E-state index contributed by atoms with van der Waals surface area (Å²) in [6.07, 6.45) is 2.09. The first kappa shape index (κ1) is 12.1. The molecule has 0 saturated carbocycles. The lowest BCUT2D eigenvalue weighted by Crippen LogP contribution is -2.44. The quantitative estimate of drug-likeness (QED) is 0.677. The van der Waals surface area contributed by atoms with Crippen molar-refractivity contribution in [3.05, 3.63) is 0 Å². The van der Waals surface area contributed by atoms with Gasteiger partial charge in [0.25, 0.3) is 5.91 Å². The van der Waals surface area contributed by atoms with E-state index in [2.05, 4.69) is 5.32 Å². The molecule has 0 heterocycles. The molecule has 0 aromatic rings. The van der Waals surface area contributed by atoms with Gasteiger partial charge in [-0.15, -0.1) is 0 Å². The first-order chi connectivity index (χ1) is 5.87. The van der Waals surface area contributed by atoms with E-state index in [0.717, 1.165) is 12.8 Å². The van der Waals surface area contributed by atoms with Gasteiger partial charge in [0.1, 0.15) is 0 Å². The molecule has 0 atom stereocenters. The summed E-state index contributed by atoms with van der Waals surface area (Å²) in [6, 6.07) is 0. The van der Waals surface area contributed by atoms with Gasteiger partial charge in [-0.3, -0.25) is 9.59 Å². The van der Waals surface area contributed by atoms with Crippen LogP contribution in [0, 0.1) is 0 Å². The summed E-state index contributed by atoms with van der Waals surface area (Å²) in [5, 5.41) is 2.64. The van der Waals surface area contributed by atoms with Crippen molar-refractivity contribution < 1.29 is 9.59 Å². The number of nitrogens with one attached hydrogen (secondary N) is 1. The van der Waals surface area contributed by atoms with Crippen LogP contribution in [0.25, 0.3) is 0 Å². The van der Waals surface area contributed by atoms with Crippen LogP contribution in [0.5, 0.6) is 0 Å². The number of amides is 1. The van der Waals surface area contributed by atoms with Crippen molar-refractivity contribution in [3.8, 4) is 0 Å². The molecule has 0 fully saturated rings. The van der Waals surface area contributed by atoms with Gasteiger partial charge in [0.2, 0.25) is 5.78 Å². The fraction of sp³-hybridized carbons (Fsp3) is 0.800. The summed E-state index contributed by atoms with van der Waals surface area (Å²) in [7, 11) is 0. The van der Waals surface area contributed by atoms with Crippen molar-refractivity contribution in [3.63, 3.8) is 0 Å². The molecule has 13 heavy (non-hydrogen) atoms. The van der Waals surface area contributed by atoms with Crippen LogP contribution in [0.3, 0.4) is 0 Å². The van der Waals surface area contributed by atoms with Crippen molar-refractivity contribution in [2.45, 2.75) is 52.5 Å². The molecular formula is C10H19NO2. The molecule has 0 aliphatic carbocycles. The average Bonchev–Trinajstić information content (AvgIpc) is 1.96. The van der Waals surface area contributed by atoms with Crippen LogP contribution >= 0.6 is 0 Å². The number of rotatable bonds is 4. The molecule has 3 nitrogen and oxygen atoms in total. The largest absolute Gasteiger partial charge is 0.345 e. The third-order valence-corrected chi connectivity index (χ3v) is 1.50. The van der Waals surface area contributed by atoms with E-state index in [4.69, 9.17) is 0 Å². The highest BCUT2D eigenvalue weighted by atomic mass is 16.2. The first-order valence-electron chi connectivity index (χ1n) is 4.72. The normalized spacial score (nSPS) is 11.1. The van der Waals surface area contributed by atoms with Crippen molar-refractivity contribution in [2.24, 2.45) is 0 Å². The summed E-state index contributed by atoms with van der Waals surface area (Å²) in [6.45, 7) is 7.57. The highest BCUT2D eigenvalue weighted by Gasteiger charge is 2.18. The second-order valence-electron chi connectivity index (χ2n) is 4.23. The molecule has 3 heteroatoms. The minimum absolute atomic E-state index is 0.309. The lowest BCUT2D eigenvalue weighted by Gasteiger charge is -2.19. The Morgan fingerprint density at radius 2 is 1.77 bits per heavy atom. The summed E-state index contributed by atoms with van der Waals surface area (Å²) in [5.41, 5.74) is -0.320. The lowest BCUT2D eigenvalue weighted by atomic mass is 10.1. The maximum Gasteiger partial charge on any atom is 0.287 e. The number of hydrogen-bond acceptors (Lipinski definition) is 2. The van der Waals surface area contributed by atoms with Crippen molar-refractivity contribution >= 4 is 11.7 Å². The SMILES string of the molecule is CCCCC(=O)C(=O)NC(C)(C)C. The number of carbonyl (C=O) groups is 2. The molecule has 76 valence electrons. The molecule has 0 saturated heterocycles. The zero-order chi connectivity index (χ0) is 10.5. The van der Waals surface area contributed by atoms with E-state index >= 15 is 0 Å². The molecule has 0 aromatic carbocycles. The Bertz CT molecular complexity index is 192. The molecule has 0 rings (SSSR count). The standard InChI is InChI=1S/C10H19NO2/c1-5-6-7-8(12)9(13)11-10(2,3)4/h5-7H2,1-4H3,(H,11,13). The van der Waals surface area contributed by atoms with Gasteiger partial charge in [-0.2, -0.15) is 0 Å². The zero-order valence-corrected chi connectivity index (χ0v) is 8.94. The van der Waals surface area contributed by atoms with Crippen molar-refractivity contribution in [1.82, 2.24) is 5.32 Å². The van der Waals surface area contributed by atoms with Gasteiger partial charge in [-0.25, -0.2) is 0 Å². The van der Waals surface area contributed by atoms with Gasteiger partial charge in [-0.1, -0.05) is 13.3 Å².